The van der Waals surface area contributed by atoms with Crippen LogP contribution in [-0.2, 0) is 11.3 Å². The van der Waals surface area contributed by atoms with E-state index >= 15 is 0 Å². The lowest BCUT2D eigenvalue weighted by molar-refractivity contribution is -0.117. The first kappa shape index (κ1) is 14.0. The SMILES string of the molecule is Cc1ccc(C(=O)C(=O)NCc2ccc(Br)s2)cc1. The van der Waals surface area contributed by atoms with Crippen LogP contribution in [0.1, 0.15) is 20.8 Å². The van der Waals surface area contributed by atoms with Gasteiger partial charge in [-0.1, -0.05) is 29.8 Å². The zero-order valence-corrected chi connectivity index (χ0v) is 12.7. The van der Waals surface area contributed by atoms with Gasteiger partial charge in [0.2, 0.25) is 5.78 Å². The second-order valence-electron chi connectivity index (χ2n) is 4.08. The summed E-state index contributed by atoms with van der Waals surface area (Å²) in [5.41, 5.74) is 1.47. The van der Waals surface area contributed by atoms with Gasteiger partial charge < -0.3 is 5.32 Å². The molecule has 2 aromatic rings. The number of hydrogen-bond donors (Lipinski definition) is 1. The monoisotopic (exact) mass is 337 g/mol. The fraction of sp³-hybridized carbons (Fsp3) is 0.143. The minimum absolute atomic E-state index is 0.368. The summed E-state index contributed by atoms with van der Waals surface area (Å²) in [6.45, 7) is 2.30. The van der Waals surface area contributed by atoms with Gasteiger partial charge in [-0.15, -0.1) is 11.3 Å². The third kappa shape index (κ3) is 3.75. The van der Waals surface area contributed by atoms with E-state index in [2.05, 4.69) is 21.2 Å². The standard InChI is InChI=1S/C14H12BrNO2S/c1-9-2-4-10(5-3-9)13(17)14(18)16-8-11-6-7-12(15)19-11/h2-7H,8H2,1H3,(H,16,18). The molecule has 0 aliphatic rings. The minimum Gasteiger partial charge on any atom is -0.344 e. The van der Waals surface area contributed by atoms with E-state index in [1.54, 1.807) is 12.1 Å². The number of nitrogens with one attached hydrogen (secondary N) is 1. The number of thiophene rings is 1. The summed E-state index contributed by atoms with van der Waals surface area (Å²) >= 11 is 4.88. The molecule has 0 bridgehead atoms. The molecule has 0 saturated heterocycles. The van der Waals surface area contributed by atoms with Crippen molar-refractivity contribution in [3.63, 3.8) is 0 Å². The molecule has 19 heavy (non-hydrogen) atoms. The summed E-state index contributed by atoms with van der Waals surface area (Å²) in [7, 11) is 0. The third-order valence-corrected chi connectivity index (χ3v) is 4.20. The van der Waals surface area contributed by atoms with Crippen LogP contribution in [0.2, 0.25) is 0 Å². The van der Waals surface area contributed by atoms with E-state index in [0.717, 1.165) is 14.2 Å². The molecule has 98 valence electrons. The molecule has 1 aromatic heterocycles. The van der Waals surface area contributed by atoms with Gasteiger partial charge in [0.15, 0.2) is 0 Å². The van der Waals surface area contributed by atoms with Crippen LogP contribution >= 0.6 is 27.3 Å². The maximum absolute atomic E-state index is 11.9. The van der Waals surface area contributed by atoms with E-state index < -0.39 is 11.7 Å². The maximum atomic E-state index is 11.9. The summed E-state index contributed by atoms with van der Waals surface area (Å²) in [6.07, 6.45) is 0. The van der Waals surface area contributed by atoms with Gasteiger partial charge in [0.25, 0.3) is 5.91 Å². The molecule has 0 atom stereocenters. The largest absolute Gasteiger partial charge is 0.344 e. The molecule has 0 aliphatic carbocycles. The number of halogens is 1. The summed E-state index contributed by atoms with van der Waals surface area (Å²) in [4.78, 5) is 24.6. The van der Waals surface area contributed by atoms with Crippen LogP contribution in [0.25, 0.3) is 0 Å². The molecule has 2 rings (SSSR count). The van der Waals surface area contributed by atoms with E-state index in [4.69, 9.17) is 0 Å². The van der Waals surface area contributed by atoms with E-state index in [-0.39, 0.29) is 0 Å². The predicted molar refractivity (Wildman–Crippen MR) is 79.4 cm³/mol. The molecular formula is C14H12BrNO2S. The average Bonchev–Trinajstić information content (AvgIpc) is 2.82. The fourth-order valence-corrected chi connectivity index (χ4v) is 2.95. The van der Waals surface area contributed by atoms with Gasteiger partial charge in [-0.25, -0.2) is 0 Å². The van der Waals surface area contributed by atoms with Crippen LogP contribution in [0.5, 0.6) is 0 Å². The van der Waals surface area contributed by atoms with Crippen LogP contribution in [-0.4, -0.2) is 11.7 Å². The number of hydrogen-bond acceptors (Lipinski definition) is 3. The van der Waals surface area contributed by atoms with Crippen molar-refractivity contribution in [3.8, 4) is 0 Å². The number of amides is 1. The highest BCUT2D eigenvalue weighted by Gasteiger charge is 2.15. The van der Waals surface area contributed by atoms with Crippen LogP contribution < -0.4 is 5.32 Å². The Kier molecular flexibility index (Phi) is 4.50. The second-order valence-corrected chi connectivity index (χ2v) is 6.63. The van der Waals surface area contributed by atoms with E-state index in [9.17, 15) is 9.59 Å². The van der Waals surface area contributed by atoms with Crippen LogP contribution in [0.3, 0.4) is 0 Å². The molecule has 1 amide bonds. The molecule has 1 aromatic carbocycles. The lowest BCUT2D eigenvalue weighted by Crippen LogP contribution is -2.30. The van der Waals surface area contributed by atoms with Crippen molar-refractivity contribution in [1.29, 1.82) is 0 Å². The lowest BCUT2D eigenvalue weighted by atomic mass is 10.1. The van der Waals surface area contributed by atoms with Crippen LogP contribution in [0, 0.1) is 6.92 Å². The van der Waals surface area contributed by atoms with Gasteiger partial charge in [-0.05, 0) is 35.0 Å². The highest BCUT2D eigenvalue weighted by molar-refractivity contribution is 9.11. The van der Waals surface area contributed by atoms with Crippen molar-refractivity contribution >= 4 is 39.0 Å². The van der Waals surface area contributed by atoms with E-state index in [0.29, 0.717) is 12.1 Å². The Morgan fingerprint density at radius 2 is 1.84 bits per heavy atom. The molecule has 0 fully saturated rings. The second kappa shape index (κ2) is 6.12. The Bertz CT molecular complexity index is 604. The van der Waals surface area contributed by atoms with Crippen molar-refractivity contribution in [2.75, 3.05) is 0 Å². The predicted octanol–water partition coefficient (Wildman–Crippen LogP) is 3.32. The minimum atomic E-state index is -0.576. The normalized spacial score (nSPS) is 10.2. The molecule has 3 nitrogen and oxygen atoms in total. The van der Waals surface area contributed by atoms with Crippen molar-refractivity contribution < 1.29 is 9.59 Å². The number of aryl methyl sites for hydroxylation is 1. The van der Waals surface area contributed by atoms with Gasteiger partial charge in [-0.2, -0.15) is 0 Å². The smallest absolute Gasteiger partial charge is 0.292 e. The van der Waals surface area contributed by atoms with Crippen molar-refractivity contribution in [2.24, 2.45) is 0 Å². The van der Waals surface area contributed by atoms with Crippen molar-refractivity contribution in [3.05, 3.63) is 56.2 Å². The zero-order chi connectivity index (χ0) is 13.8. The Morgan fingerprint density at radius 1 is 1.16 bits per heavy atom. The highest BCUT2D eigenvalue weighted by Crippen LogP contribution is 2.21. The molecule has 1 N–H and O–H groups in total. The Morgan fingerprint density at radius 3 is 2.42 bits per heavy atom. The number of benzene rings is 1. The van der Waals surface area contributed by atoms with Gasteiger partial charge in [0, 0.05) is 10.4 Å². The number of carbonyl (C=O) groups is 2. The first-order valence-electron chi connectivity index (χ1n) is 5.69. The number of carbonyl (C=O) groups excluding carboxylic acids is 2. The summed E-state index contributed by atoms with van der Waals surface area (Å²) in [5.74, 6) is -1.08. The van der Waals surface area contributed by atoms with Crippen molar-refractivity contribution in [2.45, 2.75) is 13.5 Å². The van der Waals surface area contributed by atoms with Crippen molar-refractivity contribution in [1.82, 2.24) is 5.32 Å². The maximum Gasteiger partial charge on any atom is 0.292 e. The zero-order valence-electron chi connectivity index (χ0n) is 10.3. The van der Waals surface area contributed by atoms with Gasteiger partial charge in [0.05, 0.1) is 10.3 Å². The van der Waals surface area contributed by atoms with E-state index in [1.807, 2.05) is 31.2 Å². The number of Topliss-reactive ketones (excluding diaryl/α,β-unsaturated/α-hetero) is 1. The molecule has 0 saturated carbocycles. The topological polar surface area (TPSA) is 46.2 Å². The molecule has 0 aliphatic heterocycles. The summed E-state index contributed by atoms with van der Waals surface area (Å²) < 4.78 is 1.00. The Balaban J connectivity index is 1.96. The molecule has 1 heterocycles. The van der Waals surface area contributed by atoms with Gasteiger partial charge in [-0.3, -0.25) is 9.59 Å². The molecule has 0 spiro atoms. The van der Waals surface area contributed by atoms with Gasteiger partial charge >= 0.3 is 0 Å². The van der Waals surface area contributed by atoms with E-state index in [1.165, 1.54) is 11.3 Å². The first-order valence-corrected chi connectivity index (χ1v) is 7.30. The Hall–Kier alpha value is -1.46. The quantitative estimate of drug-likeness (QED) is 0.687. The van der Waals surface area contributed by atoms with Crippen LogP contribution in [0.4, 0.5) is 0 Å². The summed E-state index contributed by atoms with van der Waals surface area (Å²) in [6, 6.07) is 10.8. The highest BCUT2D eigenvalue weighted by atomic mass is 79.9. The number of rotatable bonds is 4. The van der Waals surface area contributed by atoms with Crippen LogP contribution in [0.15, 0.2) is 40.2 Å². The molecule has 0 unspecified atom stereocenters. The fourth-order valence-electron chi connectivity index (χ4n) is 1.53. The molecular weight excluding hydrogens is 326 g/mol. The third-order valence-electron chi connectivity index (χ3n) is 2.57. The Labute approximate surface area is 123 Å². The first-order chi connectivity index (χ1) is 9.06. The molecule has 5 heteroatoms. The summed E-state index contributed by atoms with van der Waals surface area (Å²) in [5, 5.41) is 2.63. The molecule has 0 radical (unpaired) electrons. The number of ketones is 1. The average molecular weight is 338 g/mol. The lowest BCUT2D eigenvalue weighted by Gasteiger charge is -2.03. The van der Waals surface area contributed by atoms with Gasteiger partial charge in [0.1, 0.15) is 0 Å².